The number of hydrogen-bond donors (Lipinski definition) is 1. The summed E-state index contributed by atoms with van der Waals surface area (Å²) in [6.45, 7) is 3.85. The quantitative estimate of drug-likeness (QED) is 0.424. The molecule has 2 aromatic carbocycles. The summed E-state index contributed by atoms with van der Waals surface area (Å²) >= 11 is 0. The molecule has 2 amide bonds. The summed E-state index contributed by atoms with van der Waals surface area (Å²) in [7, 11) is 0. The van der Waals surface area contributed by atoms with Crippen LogP contribution in [-0.2, 0) is 4.79 Å². The molecule has 7 heteroatoms. The lowest BCUT2D eigenvalue weighted by Crippen LogP contribution is -2.46. The maximum Gasteiger partial charge on any atom is 0.294 e. The van der Waals surface area contributed by atoms with E-state index in [0.29, 0.717) is 29.2 Å². The van der Waals surface area contributed by atoms with Gasteiger partial charge in [0.1, 0.15) is 11.8 Å². The maximum atomic E-state index is 13.8. The van der Waals surface area contributed by atoms with Crippen LogP contribution in [0.4, 0.5) is 5.69 Å². The molecule has 182 valence electrons. The van der Waals surface area contributed by atoms with Crippen LogP contribution in [0.2, 0.25) is 0 Å². The summed E-state index contributed by atoms with van der Waals surface area (Å²) in [6.07, 6.45) is 5.32. The van der Waals surface area contributed by atoms with Gasteiger partial charge in [-0.05, 0) is 68.7 Å². The molecule has 1 N–H and O–H groups in total. The lowest BCUT2D eigenvalue weighted by molar-refractivity contribution is -0.123. The van der Waals surface area contributed by atoms with Crippen LogP contribution in [0.3, 0.4) is 0 Å². The fourth-order valence-corrected chi connectivity index (χ4v) is 4.55. The second-order valence-corrected chi connectivity index (χ2v) is 8.62. The van der Waals surface area contributed by atoms with Gasteiger partial charge in [-0.1, -0.05) is 37.1 Å². The highest BCUT2D eigenvalue weighted by atomic mass is 16.5. The SMILES string of the molecule is CCOc1ccc(C(C(=O)NC2CCCC2)N(C(=O)c2ccco2)c2ccccc2C(C)=O)cc1. The van der Waals surface area contributed by atoms with E-state index in [1.807, 2.05) is 6.92 Å². The van der Waals surface area contributed by atoms with Gasteiger partial charge in [0.25, 0.3) is 5.91 Å². The zero-order chi connectivity index (χ0) is 24.8. The molecule has 35 heavy (non-hydrogen) atoms. The number of nitrogens with one attached hydrogen (secondary N) is 1. The number of ketones is 1. The first kappa shape index (κ1) is 24.3. The molecule has 1 unspecified atom stereocenters. The molecule has 0 saturated heterocycles. The van der Waals surface area contributed by atoms with E-state index in [4.69, 9.17) is 9.15 Å². The Hall–Kier alpha value is -3.87. The summed E-state index contributed by atoms with van der Waals surface area (Å²) in [4.78, 5) is 41.5. The van der Waals surface area contributed by atoms with Gasteiger partial charge in [-0.2, -0.15) is 0 Å². The van der Waals surface area contributed by atoms with Crippen molar-refractivity contribution in [2.75, 3.05) is 11.5 Å². The van der Waals surface area contributed by atoms with Gasteiger partial charge in [-0.3, -0.25) is 19.3 Å². The summed E-state index contributed by atoms with van der Waals surface area (Å²) in [6, 6.07) is 16.1. The monoisotopic (exact) mass is 474 g/mol. The predicted octanol–water partition coefficient (Wildman–Crippen LogP) is 5.33. The lowest BCUT2D eigenvalue weighted by Gasteiger charge is -2.32. The Kier molecular flexibility index (Phi) is 7.65. The third kappa shape index (κ3) is 5.45. The highest BCUT2D eigenvalue weighted by Crippen LogP contribution is 2.34. The maximum absolute atomic E-state index is 13.8. The van der Waals surface area contributed by atoms with Gasteiger partial charge < -0.3 is 14.5 Å². The van der Waals surface area contributed by atoms with E-state index in [2.05, 4.69) is 5.32 Å². The molecule has 0 bridgehead atoms. The fourth-order valence-electron chi connectivity index (χ4n) is 4.55. The first-order chi connectivity index (χ1) is 17.0. The number of carbonyl (C=O) groups excluding carboxylic acids is 3. The number of rotatable bonds is 9. The molecule has 0 spiro atoms. The van der Waals surface area contributed by atoms with E-state index in [1.54, 1.807) is 60.7 Å². The third-order valence-corrected chi connectivity index (χ3v) is 6.21. The Morgan fingerprint density at radius 3 is 2.37 bits per heavy atom. The molecule has 3 aromatic rings. The van der Waals surface area contributed by atoms with E-state index >= 15 is 0 Å². The summed E-state index contributed by atoms with van der Waals surface area (Å²) in [5, 5.41) is 3.14. The number of nitrogens with zero attached hydrogens (tertiary/aromatic N) is 1. The summed E-state index contributed by atoms with van der Waals surface area (Å²) in [5.74, 6) is -0.282. The lowest BCUT2D eigenvalue weighted by atomic mass is 9.99. The number of hydrogen-bond acceptors (Lipinski definition) is 5. The van der Waals surface area contributed by atoms with Crippen molar-refractivity contribution in [2.45, 2.75) is 51.6 Å². The van der Waals surface area contributed by atoms with Gasteiger partial charge >= 0.3 is 0 Å². The summed E-state index contributed by atoms with van der Waals surface area (Å²) < 4.78 is 11.0. The van der Waals surface area contributed by atoms with Crippen molar-refractivity contribution in [1.82, 2.24) is 5.32 Å². The average molecular weight is 475 g/mol. The van der Waals surface area contributed by atoms with Crippen LogP contribution in [0.5, 0.6) is 5.75 Å². The topological polar surface area (TPSA) is 88.8 Å². The molecule has 4 rings (SSSR count). The van der Waals surface area contributed by atoms with Gasteiger partial charge in [0.05, 0.1) is 18.6 Å². The van der Waals surface area contributed by atoms with Gasteiger partial charge in [-0.25, -0.2) is 0 Å². The van der Waals surface area contributed by atoms with E-state index in [0.717, 1.165) is 25.7 Å². The molecular formula is C28H30N2O5. The fraction of sp³-hybridized carbons (Fsp3) is 0.321. The Morgan fingerprint density at radius 1 is 1.03 bits per heavy atom. The Morgan fingerprint density at radius 2 is 1.74 bits per heavy atom. The highest BCUT2D eigenvalue weighted by Gasteiger charge is 2.37. The molecule has 0 aliphatic heterocycles. The van der Waals surface area contributed by atoms with E-state index in [-0.39, 0.29) is 23.5 Å². The van der Waals surface area contributed by atoms with Crippen molar-refractivity contribution in [3.05, 3.63) is 83.8 Å². The van der Waals surface area contributed by atoms with Gasteiger partial charge in [-0.15, -0.1) is 0 Å². The van der Waals surface area contributed by atoms with Crippen LogP contribution in [0.1, 0.15) is 72.0 Å². The van der Waals surface area contributed by atoms with Crippen LogP contribution >= 0.6 is 0 Å². The minimum absolute atomic E-state index is 0.0521. The number of benzene rings is 2. The van der Waals surface area contributed by atoms with E-state index in [1.165, 1.54) is 18.1 Å². The normalized spacial score (nSPS) is 14.3. The van der Waals surface area contributed by atoms with Crippen molar-refractivity contribution in [3.8, 4) is 5.75 Å². The number of Topliss-reactive ketones (excluding diaryl/α,β-unsaturated/α-hetero) is 1. The van der Waals surface area contributed by atoms with Crippen LogP contribution in [0.15, 0.2) is 71.3 Å². The van der Waals surface area contributed by atoms with E-state index < -0.39 is 11.9 Å². The van der Waals surface area contributed by atoms with Gasteiger partial charge in [0, 0.05) is 11.6 Å². The first-order valence-electron chi connectivity index (χ1n) is 12.0. The second kappa shape index (κ2) is 11.0. The van der Waals surface area contributed by atoms with E-state index in [9.17, 15) is 14.4 Å². The molecular weight excluding hydrogens is 444 g/mol. The molecule has 1 fully saturated rings. The minimum Gasteiger partial charge on any atom is -0.494 e. The third-order valence-electron chi connectivity index (χ3n) is 6.21. The zero-order valence-corrected chi connectivity index (χ0v) is 20.0. The summed E-state index contributed by atoms with van der Waals surface area (Å²) in [5.41, 5.74) is 1.29. The van der Waals surface area contributed by atoms with Crippen LogP contribution in [-0.4, -0.2) is 30.2 Å². The van der Waals surface area contributed by atoms with Crippen LogP contribution < -0.4 is 15.0 Å². The van der Waals surface area contributed by atoms with Gasteiger partial charge in [0.15, 0.2) is 11.5 Å². The van der Waals surface area contributed by atoms with Crippen molar-refractivity contribution in [3.63, 3.8) is 0 Å². The standard InChI is InChI=1S/C28H30N2O5/c1-3-34-22-16-14-20(15-17-22)26(27(32)29-21-9-4-5-10-21)30(28(33)25-13-8-18-35-25)24-12-7-6-11-23(24)19(2)31/h6-8,11-18,21,26H,3-5,9-10H2,1-2H3,(H,29,32). The first-order valence-corrected chi connectivity index (χ1v) is 12.0. The number of ether oxygens (including phenoxy) is 1. The number of anilines is 1. The van der Waals surface area contributed by atoms with Crippen molar-refractivity contribution in [1.29, 1.82) is 0 Å². The van der Waals surface area contributed by atoms with Gasteiger partial charge in [0.2, 0.25) is 5.91 Å². The average Bonchev–Trinajstić information content (AvgIpc) is 3.58. The molecule has 1 aliphatic rings. The largest absolute Gasteiger partial charge is 0.494 e. The smallest absolute Gasteiger partial charge is 0.294 e. The molecule has 0 radical (unpaired) electrons. The number of para-hydroxylation sites is 1. The Labute approximate surface area is 205 Å². The van der Waals surface area contributed by atoms with Crippen molar-refractivity contribution >= 4 is 23.3 Å². The molecule has 1 aromatic heterocycles. The highest BCUT2D eigenvalue weighted by molar-refractivity contribution is 6.12. The predicted molar refractivity (Wildman–Crippen MR) is 133 cm³/mol. The molecule has 1 atom stereocenters. The molecule has 7 nitrogen and oxygen atoms in total. The number of carbonyl (C=O) groups is 3. The Balaban J connectivity index is 1.85. The van der Waals surface area contributed by atoms with Crippen molar-refractivity contribution < 1.29 is 23.5 Å². The minimum atomic E-state index is -1.02. The second-order valence-electron chi connectivity index (χ2n) is 8.62. The number of amides is 2. The molecule has 1 heterocycles. The Bertz CT molecular complexity index is 1160. The van der Waals surface area contributed by atoms with Crippen LogP contribution in [0, 0.1) is 0 Å². The zero-order valence-electron chi connectivity index (χ0n) is 20.0. The number of furan rings is 1. The molecule has 1 saturated carbocycles. The van der Waals surface area contributed by atoms with Crippen LogP contribution in [0.25, 0.3) is 0 Å². The van der Waals surface area contributed by atoms with Crippen molar-refractivity contribution in [2.24, 2.45) is 0 Å². The molecule has 1 aliphatic carbocycles.